The van der Waals surface area contributed by atoms with E-state index < -0.39 is 0 Å². The van der Waals surface area contributed by atoms with Crippen molar-refractivity contribution < 1.29 is 4.65 Å². The van der Waals surface area contributed by atoms with Gasteiger partial charge in [0.1, 0.15) is 6.54 Å². The molecule has 0 bridgehead atoms. The average molecular weight is 333 g/mol. The molecule has 2 aliphatic heterocycles. The molecule has 0 amide bonds. The molecule has 0 saturated carbocycles. The van der Waals surface area contributed by atoms with E-state index in [9.17, 15) is 5.21 Å². The Bertz CT molecular complexity index is 793. The molecule has 6 heteroatoms. The lowest BCUT2D eigenvalue weighted by atomic mass is 9.99. The Labute approximate surface area is 138 Å². The largest absolute Gasteiger partial charge is 0.627 e. The predicted octanol–water partition coefficient (Wildman–Crippen LogP) is 1.65. The van der Waals surface area contributed by atoms with Crippen molar-refractivity contribution in [2.75, 3.05) is 25.4 Å². The summed E-state index contributed by atoms with van der Waals surface area (Å²) in [5.74, 6) is 0.891. The first-order valence-corrected chi connectivity index (χ1v) is 9.61. The molecule has 3 aliphatic rings. The molecule has 22 heavy (non-hydrogen) atoms. The number of fused-ring (bicyclic) bond motifs is 1. The highest BCUT2D eigenvalue weighted by molar-refractivity contribution is 8.03. The first-order chi connectivity index (χ1) is 10.7. The molecule has 4 rings (SSSR count). The fourth-order valence-electron chi connectivity index (χ4n) is 3.31. The van der Waals surface area contributed by atoms with Crippen molar-refractivity contribution in [1.82, 2.24) is 10.3 Å². The van der Waals surface area contributed by atoms with Crippen molar-refractivity contribution in [1.29, 1.82) is 0 Å². The fourth-order valence-corrected chi connectivity index (χ4v) is 5.29. The second-order valence-electron chi connectivity index (χ2n) is 5.88. The highest BCUT2D eigenvalue weighted by atomic mass is 32.2. The lowest BCUT2D eigenvalue weighted by Gasteiger charge is -2.47. The monoisotopic (exact) mass is 333 g/mol. The predicted molar refractivity (Wildman–Crippen MR) is 93.1 cm³/mol. The average Bonchev–Trinajstić information content (AvgIpc) is 2.95. The number of aromatic nitrogens is 1. The Balaban J connectivity index is 1.94. The Kier molecular flexibility index (Phi) is 3.64. The maximum Gasteiger partial charge on any atom is 0.152 e. The maximum absolute atomic E-state index is 13.4. The molecule has 1 unspecified atom stereocenters. The summed E-state index contributed by atoms with van der Waals surface area (Å²) in [4.78, 5) is 5.73. The van der Waals surface area contributed by atoms with Gasteiger partial charge in [-0.1, -0.05) is 6.92 Å². The number of nitrogens with zero attached hydrogens (tertiary/aromatic N) is 2. The van der Waals surface area contributed by atoms with Gasteiger partial charge in [0.15, 0.2) is 5.70 Å². The van der Waals surface area contributed by atoms with Crippen LogP contribution in [0.2, 0.25) is 0 Å². The van der Waals surface area contributed by atoms with Crippen molar-refractivity contribution in [3.8, 4) is 0 Å². The molecule has 0 spiro atoms. The third-order valence-corrected chi connectivity index (χ3v) is 6.20. The molecular weight excluding hydrogens is 314 g/mol. The van der Waals surface area contributed by atoms with Crippen molar-refractivity contribution in [3.05, 3.63) is 43.0 Å². The first-order valence-electron chi connectivity index (χ1n) is 7.75. The minimum absolute atomic E-state index is 0.210. The van der Waals surface area contributed by atoms with E-state index in [2.05, 4.69) is 29.4 Å². The lowest BCUT2D eigenvalue weighted by Crippen LogP contribution is -2.46. The van der Waals surface area contributed by atoms with Gasteiger partial charge >= 0.3 is 0 Å². The minimum Gasteiger partial charge on any atom is -0.627 e. The second-order valence-corrected chi connectivity index (χ2v) is 7.90. The van der Waals surface area contributed by atoms with Crippen LogP contribution in [-0.4, -0.2) is 35.0 Å². The van der Waals surface area contributed by atoms with E-state index in [0.717, 1.165) is 51.2 Å². The fraction of sp³-hybridized carbons (Fsp3) is 0.438. The van der Waals surface area contributed by atoms with Gasteiger partial charge in [0.2, 0.25) is 0 Å². The summed E-state index contributed by atoms with van der Waals surface area (Å²) in [5.41, 5.74) is 5.23. The Morgan fingerprint density at radius 2 is 2.36 bits per heavy atom. The molecule has 1 aliphatic carbocycles. The molecule has 1 atom stereocenters. The van der Waals surface area contributed by atoms with Crippen LogP contribution in [0.25, 0.3) is 11.6 Å². The van der Waals surface area contributed by atoms with Gasteiger partial charge in [-0.25, -0.2) is 4.98 Å². The van der Waals surface area contributed by atoms with Gasteiger partial charge in [-0.3, -0.25) is 0 Å². The zero-order chi connectivity index (χ0) is 15.2. The lowest BCUT2D eigenvalue weighted by molar-refractivity contribution is -0.827. The van der Waals surface area contributed by atoms with Gasteiger partial charge < -0.3 is 15.2 Å². The third-order valence-electron chi connectivity index (χ3n) is 4.36. The number of hydrogen-bond donors (Lipinski definition) is 1. The van der Waals surface area contributed by atoms with E-state index in [1.54, 1.807) is 11.3 Å². The maximum atomic E-state index is 13.4. The number of hydrogen-bond acceptors (Lipinski definition) is 5. The van der Waals surface area contributed by atoms with Crippen molar-refractivity contribution in [2.45, 2.75) is 19.8 Å². The van der Waals surface area contributed by atoms with Crippen LogP contribution >= 0.6 is 23.1 Å². The number of thiazole rings is 1. The van der Waals surface area contributed by atoms with Crippen LogP contribution in [0, 0.1) is 5.21 Å². The molecule has 1 aromatic heterocycles. The quantitative estimate of drug-likeness (QED) is 0.675. The first kappa shape index (κ1) is 14.5. The molecule has 116 valence electrons. The van der Waals surface area contributed by atoms with Crippen molar-refractivity contribution in [2.24, 2.45) is 0 Å². The normalized spacial score (nSPS) is 26.6. The summed E-state index contributed by atoms with van der Waals surface area (Å²) in [5, 5.41) is 17.9. The van der Waals surface area contributed by atoms with E-state index in [0.29, 0.717) is 13.1 Å². The molecule has 3 heterocycles. The topological polar surface area (TPSA) is 48.0 Å². The zero-order valence-corrected chi connectivity index (χ0v) is 14.2. The number of allylic oxidation sites excluding steroid dienone is 3. The van der Waals surface area contributed by atoms with Crippen LogP contribution in [0.15, 0.2) is 27.9 Å². The van der Waals surface area contributed by atoms with Crippen LogP contribution in [0.1, 0.15) is 19.8 Å². The molecule has 1 N–H and O–H groups in total. The molecular formula is C16H19N3OS2. The van der Waals surface area contributed by atoms with Crippen LogP contribution < -0.4 is 15.2 Å². The van der Waals surface area contributed by atoms with E-state index in [1.807, 2.05) is 17.3 Å². The van der Waals surface area contributed by atoms with Gasteiger partial charge in [-0.2, -0.15) is 0 Å². The van der Waals surface area contributed by atoms with E-state index in [4.69, 9.17) is 0 Å². The second kappa shape index (κ2) is 5.53. The summed E-state index contributed by atoms with van der Waals surface area (Å²) in [6.45, 7) is 4.33. The number of thioether (sulfide) groups is 1. The summed E-state index contributed by atoms with van der Waals surface area (Å²) in [7, 11) is 0. The summed E-state index contributed by atoms with van der Waals surface area (Å²) in [6, 6.07) is 0. The highest BCUT2D eigenvalue weighted by Crippen LogP contribution is 2.43. The van der Waals surface area contributed by atoms with Gasteiger partial charge in [-0.15, -0.1) is 23.1 Å². The van der Waals surface area contributed by atoms with Crippen LogP contribution in [0.4, 0.5) is 0 Å². The molecule has 4 nitrogen and oxygen atoms in total. The Morgan fingerprint density at radius 3 is 3.23 bits per heavy atom. The number of quaternary nitrogens is 1. The molecule has 0 aromatic carbocycles. The van der Waals surface area contributed by atoms with Gasteiger partial charge in [-0.05, 0) is 18.6 Å². The van der Waals surface area contributed by atoms with E-state index in [1.165, 1.54) is 5.70 Å². The van der Waals surface area contributed by atoms with Gasteiger partial charge in [0, 0.05) is 30.0 Å². The van der Waals surface area contributed by atoms with Crippen molar-refractivity contribution >= 4 is 34.7 Å². The number of rotatable bonds is 3. The Hall–Kier alpha value is -1.08. The minimum atomic E-state index is -0.210. The van der Waals surface area contributed by atoms with Crippen LogP contribution in [0.3, 0.4) is 0 Å². The van der Waals surface area contributed by atoms with Crippen LogP contribution in [0.5, 0.6) is 0 Å². The summed E-state index contributed by atoms with van der Waals surface area (Å²) in [6.07, 6.45) is 6.18. The third kappa shape index (κ3) is 2.25. The zero-order valence-electron chi connectivity index (χ0n) is 12.6. The van der Waals surface area contributed by atoms with Crippen molar-refractivity contribution in [3.63, 3.8) is 0 Å². The highest BCUT2D eigenvalue weighted by Gasteiger charge is 2.37. The summed E-state index contributed by atoms with van der Waals surface area (Å²) < 4.78 is 0.949. The smallest absolute Gasteiger partial charge is 0.152 e. The number of nitrogens with one attached hydrogen (secondary N) is 1. The van der Waals surface area contributed by atoms with Gasteiger partial charge in [0.05, 0.1) is 26.8 Å². The Morgan fingerprint density at radius 1 is 1.45 bits per heavy atom. The molecule has 0 saturated heterocycles. The summed E-state index contributed by atoms with van der Waals surface area (Å²) >= 11 is 3.46. The molecule has 1 aromatic rings. The van der Waals surface area contributed by atoms with E-state index >= 15 is 0 Å². The number of hydroxylamine groups is 3. The van der Waals surface area contributed by atoms with Crippen LogP contribution in [-0.2, 0) is 0 Å². The standard InChI is InChI=1S/C16H19N3OS2/c1-2-4-17-11-8-12-15-13(22-10-18-15)3-5-19(20)6-7-21-14(9-11)16(12)19/h3,9-10,17H,2,4-8H2,1H3. The van der Waals surface area contributed by atoms with E-state index in [-0.39, 0.29) is 4.65 Å². The molecule has 0 radical (unpaired) electrons. The molecule has 0 fully saturated rings. The SMILES string of the molecule is CCCNC1=CC2=C3C(=c4ncsc4=CC[N+]3([O-])CCS2)C1. The van der Waals surface area contributed by atoms with Gasteiger partial charge in [0.25, 0.3) is 0 Å².